The Bertz CT molecular complexity index is 693. The summed E-state index contributed by atoms with van der Waals surface area (Å²) in [5.41, 5.74) is 6.57. The SMILES string of the molecule is CC(=O)N1C2CCC(C3CNN(CC4NOC(C)N4)C3)CC2N(C(=O)OC(C)C)C[C@@H]1C. The zero-order valence-electron chi connectivity index (χ0n) is 20.0. The van der Waals surface area contributed by atoms with E-state index < -0.39 is 0 Å². The molecule has 7 atom stereocenters. The van der Waals surface area contributed by atoms with Crippen LogP contribution in [0.4, 0.5) is 4.79 Å². The summed E-state index contributed by atoms with van der Waals surface area (Å²) in [5.74, 6) is 1.12. The van der Waals surface area contributed by atoms with Gasteiger partial charge < -0.3 is 14.5 Å². The zero-order chi connectivity index (χ0) is 23.0. The lowest BCUT2D eigenvalue weighted by Gasteiger charge is -2.54. The predicted octanol–water partition coefficient (Wildman–Crippen LogP) is 0.854. The number of hydrazine groups is 1. The van der Waals surface area contributed by atoms with Gasteiger partial charge in [-0.25, -0.2) is 9.80 Å². The number of carbonyl (C=O) groups excluding carboxylic acids is 2. The lowest BCUT2D eigenvalue weighted by atomic mass is 9.73. The Hall–Kier alpha value is -1.46. The van der Waals surface area contributed by atoms with Gasteiger partial charge in [0.1, 0.15) is 6.23 Å². The Balaban J connectivity index is 1.41. The number of nitrogens with zero attached hydrogens (tertiary/aromatic N) is 3. The minimum atomic E-state index is -0.246. The summed E-state index contributed by atoms with van der Waals surface area (Å²) in [5, 5.41) is 5.62. The van der Waals surface area contributed by atoms with Crippen LogP contribution in [0.1, 0.15) is 53.9 Å². The van der Waals surface area contributed by atoms with Crippen molar-refractivity contribution >= 4 is 12.0 Å². The number of fused-ring (bicyclic) bond motifs is 1. The van der Waals surface area contributed by atoms with E-state index in [0.29, 0.717) is 18.4 Å². The average Bonchev–Trinajstić information content (AvgIpc) is 3.35. The van der Waals surface area contributed by atoms with E-state index >= 15 is 0 Å². The second-order valence-electron chi connectivity index (χ2n) is 10.2. The van der Waals surface area contributed by atoms with E-state index in [1.165, 1.54) is 0 Å². The van der Waals surface area contributed by atoms with Crippen LogP contribution < -0.4 is 16.2 Å². The van der Waals surface area contributed by atoms with Gasteiger partial charge in [-0.2, -0.15) is 5.48 Å². The van der Waals surface area contributed by atoms with E-state index in [2.05, 4.69) is 21.2 Å². The second kappa shape index (κ2) is 9.80. The molecule has 0 aromatic heterocycles. The van der Waals surface area contributed by atoms with Gasteiger partial charge >= 0.3 is 6.09 Å². The highest BCUT2D eigenvalue weighted by Gasteiger charge is 2.48. The Kier molecular flexibility index (Phi) is 7.26. The highest BCUT2D eigenvalue weighted by atomic mass is 16.7. The fraction of sp³-hybridized carbons (Fsp3) is 0.909. The molecule has 0 aromatic rings. The molecular weight excluding hydrogens is 412 g/mol. The molecule has 3 heterocycles. The fourth-order valence-corrected chi connectivity index (χ4v) is 6.07. The Morgan fingerprint density at radius 1 is 1.12 bits per heavy atom. The second-order valence-corrected chi connectivity index (χ2v) is 10.2. The number of ether oxygens (including phenoxy) is 1. The maximum absolute atomic E-state index is 12.9. The number of rotatable bonds is 4. The van der Waals surface area contributed by atoms with Crippen LogP contribution in [0.5, 0.6) is 0 Å². The van der Waals surface area contributed by atoms with E-state index in [1.807, 2.05) is 37.5 Å². The average molecular weight is 453 g/mol. The van der Waals surface area contributed by atoms with Gasteiger partial charge in [0, 0.05) is 39.1 Å². The number of carbonyl (C=O) groups is 2. The van der Waals surface area contributed by atoms with Crippen molar-refractivity contribution in [1.82, 2.24) is 31.0 Å². The molecule has 3 N–H and O–H groups in total. The maximum atomic E-state index is 12.9. The standard InChI is InChI=1S/C22H40N6O4/c1-13(2)31-22(30)27-10-14(3)28(16(5)29)19-7-6-17(8-20(19)27)18-9-23-26(11-18)12-21-24-15(4)32-25-21/h13-15,17-21,23-25H,6-12H2,1-5H3/t14-,15?,17?,18?,19?,20?,21?/m0/s1. The number of hydroxylamine groups is 1. The molecule has 10 nitrogen and oxygen atoms in total. The third-order valence-electron chi connectivity index (χ3n) is 7.37. The molecule has 6 unspecified atom stereocenters. The number of hydrogen-bond acceptors (Lipinski definition) is 8. The number of amides is 2. The van der Waals surface area contributed by atoms with Crippen LogP contribution >= 0.6 is 0 Å². The molecule has 3 saturated heterocycles. The first-order chi connectivity index (χ1) is 15.2. The molecule has 0 aromatic carbocycles. The number of piperazine rings is 1. The van der Waals surface area contributed by atoms with Crippen LogP contribution in [0.25, 0.3) is 0 Å². The van der Waals surface area contributed by atoms with E-state index in [-0.39, 0.29) is 48.6 Å². The Morgan fingerprint density at radius 2 is 1.91 bits per heavy atom. The maximum Gasteiger partial charge on any atom is 0.410 e. The predicted molar refractivity (Wildman–Crippen MR) is 119 cm³/mol. The minimum absolute atomic E-state index is 0.00433. The van der Waals surface area contributed by atoms with Crippen LogP contribution in [0.3, 0.4) is 0 Å². The van der Waals surface area contributed by atoms with Crippen LogP contribution in [0.15, 0.2) is 0 Å². The van der Waals surface area contributed by atoms with Crippen LogP contribution in [0.2, 0.25) is 0 Å². The molecule has 0 radical (unpaired) electrons. The van der Waals surface area contributed by atoms with Crippen molar-refractivity contribution in [2.24, 2.45) is 11.8 Å². The van der Waals surface area contributed by atoms with Gasteiger partial charge in [0.15, 0.2) is 0 Å². The van der Waals surface area contributed by atoms with Crippen LogP contribution in [0, 0.1) is 11.8 Å². The molecule has 1 aliphatic carbocycles. The van der Waals surface area contributed by atoms with Crippen molar-refractivity contribution in [3.8, 4) is 0 Å². The van der Waals surface area contributed by atoms with Crippen LogP contribution in [-0.4, -0.2) is 89.6 Å². The summed E-state index contributed by atoms with van der Waals surface area (Å²) in [7, 11) is 0. The van der Waals surface area contributed by atoms with Gasteiger partial charge in [-0.05, 0) is 58.8 Å². The van der Waals surface area contributed by atoms with Crippen molar-refractivity contribution in [3.05, 3.63) is 0 Å². The van der Waals surface area contributed by atoms with E-state index in [1.54, 1.807) is 6.92 Å². The van der Waals surface area contributed by atoms with Crippen molar-refractivity contribution in [2.75, 3.05) is 26.2 Å². The first-order valence-corrected chi connectivity index (χ1v) is 12.1. The third-order valence-corrected chi connectivity index (χ3v) is 7.37. The van der Waals surface area contributed by atoms with Crippen molar-refractivity contribution in [1.29, 1.82) is 0 Å². The summed E-state index contributed by atoms with van der Waals surface area (Å²) in [6.45, 7) is 12.7. The molecule has 0 bridgehead atoms. The molecular formula is C22H40N6O4. The van der Waals surface area contributed by atoms with Gasteiger partial charge in [0.05, 0.1) is 24.4 Å². The molecule has 32 heavy (non-hydrogen) atoms. The molecule has 3 aliphatic heterocycles. The zero-order valence-corrected chi connectivity index (χ0v) is 20.0. The number of hydrogen-bond donors (Lipinski definition) is 3. The Morgan fingerprint density at radius 3 is 2.56 bits per heavy atom. The summed E-state index contributed by atoms with van der Waals surface area (Å²) in [6, 6.07) is 0.0921. The van der Waals surface area contributed by atoms with Gasteiger partial charge in [-0.15, -0.1) is 0 Å². The van der Waals surface area contributed by atoms with Crippen molar-refractivity contribution < 1.29 is 19.2 Å². The summed E-state index contributed by atoms with van der Waals surface area (Å²) < 4.78 is 5.58. The molecule has 1 saturated carbocycles. The summed E-state index contributed by atoms with van der Waals surface area (Å²) in [6.07, 6.45) is 2.64. The molecule has 4 aliphatic rings. The largest absolute Gasteiger partial charge is 0.447 e. The Labute approximate surface area is 191 Å². The van der Waals surface area contributed by atoms with Crippen LogP contribution in [-0.2, 0) is 14.4 Å². The van der Waals surface area contributed by atoms with Gasteiger partial charge in [-0.1, -0.05) is 0 Å². The van der Waals surface area contributed by atoms with E-state index in [9.17, 15) is 9.59 Å². The highest BCUT2D eigenvalue weighted by molar-refractivity contribution is 5.75. The van der Waals surface area contributed by atoms with Gasteiger partial charge in [0.25, 0.3) is 0 Å². The third kappa shape index (κ3) is 5.04. The lowest BCUT2D eigenvalue weighted by molar-refractivity contribution is -0.142. The monoisotopic (exact) mass is 452 g/mol. The van der Waals surface area contributed by atoms with E-state index in [4.69, 9.17) is 9.57 Å². The molecule has 4 rings (SSSR count). The topological polar surface area (TPSA) is 98.4 Å². The highest BCUT2D eigenvalue weighted by Crippen LogP contribution is 2.39. The minimum Gasteiger partial charge on any atom is -0.447 e. The lowest BCUT2D eigenvalue weighted by Crippen LogP contribution is -2.67. The quantitative estimate of drug-likeness (QED) is 0.578. The van der Waals surface area contributed by atoms with Crippen molar-refractivity contribution in [2.45, 2.75) is 90.5 Å². The molecule has 2 amide bonds. The molecule has 182 valence electrons. The normalized spacial score (nSPS) is 38.2. The van der Waals surface area contributed by atoms with E-state index in [0.717, 1.165) is 38.9 Å². The summed E-state index contributed by atoms with van der Waals surface area (Å²) >= 11 is 0. The summed E-state index contributed by atoms with van der Waals surface area (Å²) in [4.78, 5) is 34.7. The first kappa shape index (κ1) is 23.7. The molecule has 4 fully saturated rings. The van der Waals surface area contributed by atoms with Gasteiger partial charge in [-0.3, -0.25) is 20.4 Å². The van der Waals surface area contributed by atoms with Crippen molar-refractivity contribution in [3.63, 3.8) is 0 Å². The molecule has 0 spiro atoms. The van der Waals surface area contributed by atoms with Gasteiger partial charge in [0.2, 0.25) is 5.91 Å². The fourth-order valence-electron chi connectivity index (χ4n) is 6.07. The first-order valence-electron chi connectivity index (χ1n) is 12.1. The smallest absolute Gasteiger partial charge is 0.410 e. The molecule has 10 heteroatoms. The number of nitrogens with one attached hydrogen (secondary N) is 3.